The molecule has 1 saturated heterocycles. The zero-order valence-corrected chi connectivity index (χ0v) is 18.9. The van der Waals surface area contributed by atoms with Gasteiger partial charge in [0.15, 0.2) is 6.29 Å². The number of nitrogens with zero attached hydrogens (tertiary/aromatic N) is 2. The number of methoxy groups -OCH3 is 1. The van der Waals surface area contributed by atoms with Crippen molar-refractivity contribution >= 4 is 40.3 Å². The zero-order valence-electron chi connectivity index (χ0n) is 15.8. The summed E-state index contributed by atoms with van der Waals surface area (Å²) in [4.78, 5) is 11.4. The SMILES string of the molecule is COCC1(COCC2CCOCC2)CC=C(c2nn(PI)cc2C=O)CC1. The van der Waals surface area contributed by atoms with Gasteiger partial charge in [-0.25, -0.2) is 4.45 Å². The van der Waals surface area contributed by atoms with Crippen LogP contribution < -0.4 is 0 Å². The summed E-state index contributed by atoms with van der Waals surface area (Å²) in [7, 11) is 1.76. The third-order valence-electron chi connectivity index (χ3n) is 5.52. The van der Waals surface area contributed by atoms with E-state index in [4.69, 9.17) is 14.2 Å². The van der Waals surface area contributed by atoms with Gasteiger partial charge < -0.3 is 14.2 Å². The quantitative estimate of drug-likeness (QED) is 0.287. The summed E-state index contributed by atoms with van der Waals surface area (Å²) >= 11 is 2.27. The highest BCUT2D eigenvalue weighted by atomic mass is 127. The first-order valence-corrected chi connectivity index (χ1v) is 13.5. The summed E-state index contributed by atoms with van der Waals surface area (Å²) in [6.45, 7) is 3.92. The van der Waals surface area contributed by atoms with Crippen LogP contribution in [0, 0.1) is 11.3 Å². The van der Waals surface area contributed by atoms with E-state index in [1.165, 1.54) is 5.57 Å². The largest absolute Gasteiger partial charge is 0.384 e. The summed E-state index contributed by atoms with van der Waals surface area (Å²) < 4.78 is 18.9. The van der Waals surface area contributed by atoms with Gasteiger partial charge >= 0.3 is 0 Å². The van der Waals surface area contributed by atoms with E-state index in [2.05, 4.69) is 33.2 Å². The molecule has 1 fully saturated rings. The molecule has 0 bridgehead atoms. The van der Waals surface area contributed by atoms with Crippen LogP contribution in [0.5, 0.6) is 0 Å². The van der Waals surface area contributed by atoms with E-state index >= 15 is 0 Å². The molecule has 2 aliphatic rings. The van der Waals surface area contributed by atoms with E-state index in [-0.39, 0.29) is 5.41 Å². The smallest absolute Gasteiger partial charge is 0.153 e. The van der Waals surface area contributed by atoms with Crippen LogP contribution in [0.1, 0.15) is 48.2 Å². The summed E-state index contributed by atoms with van der Waals surface area (Å²) in [6, 6.07) is 0. The minimum absolute atomic E-state index is 0.0122. The van der Waals surface area contributed by atoms with Crippen molar-refractivity contribution in [3.05, 3.63) is 23.5 Å². The van der Waals surface area contributed by atoms with Crippen molar-refractivity contribution < 1.29 is 19.0 Å². The third-order valence-corrected chi connectivity index (χ3v) is 7.40. The van der Waals surface area contributed by atoms with Crippen LogP contribution in [0.25, 0.3) is 5.57 Å². The van der Waals surface area contributed by atoms with Crippen LogP contribution in [0.2, 0.25) is 0 Å². The average Bonchev–Trinajstić information content (AvgIpc) is 3.13. The number of halogens is 1. The lowest BCUT2D eigenvalue weighted by Gasteiger charge is -2.36. The van der Waals surface area contributed by atoms with Gasteiger partial charge in [-0.2, -0.15) is 5.10 Å². The molecule has 1 aromatic heterocycles. The van der Waals surface area contributed by atoms with Crippen molar-refractivity contribution in [1.82, 2.24) is 9.55 Å². The van der Waals surface area contributed by atoms with Gasteiger partial charge in [0, 0.05) is 38.5 Å². The van der Waals surface area contributed by atoms with Gasteiger partial charge in [0.05, 0.1) is 30.8 Å². The van der Waals surface area contributed by atoms with Crippen molar-refractivity contribution in [2.24, 2.45) is 11.3 Å². The number of rotatable bonds is 9. The minimum atomic E-state index is 0.0122. The molecule has 2 unspecified atom stereocenters. The maximum atomic E-state index is 11.4. The highest BCUT2D eigenvalue weighted by molar-refractivity contribution is 14.2. The minimum Gasteiger partial charge on any atom is -0.384 e. The molecular formula is C19H28IN2O4P. The Kier molecular flexibility index (Phi) is 8.26. The number of hydrogen-bond donors (Lipinski definition) is 0. The van der Waals surface area contributed by atoms with E-state index < -0.39 is 0 Å². The first-order valence-electron chi connectivity index (χ1n) is 9.45. The lowest BCUT2D eigenvalue weighted by atomic mass is 9.75. The standard InChI is InChI=1S/C19H28IN2O4P/c1-24-13-19(14-26-12-15-4-8-25-9-5-15)6-2-16(3-7-19)18-17(11-23)10-22(21-18)27-20/h2,10-11,15,27H,3-9,12-14H2,1H3. The van der Waals surface area contributed by atoms with Gasteiger partial charge in [-0.15, -0.1) is 0 Å². The number of aldehydes is 1. The maximum Gasteiger partial charge on any atom is 0.153 e. The Bertz CT molecular complexity index is 660. The molecule has 150 valence electrons. The normalized spacial score (nSPS) is 24.4. The van der Waals surface area contributed by atoms with Gasteiger partial charge in [-0.1, -0.05) is 6.08 Å². The molecule has 3 rings (SSSR count). The van der Waals surface area contributed by atoms with Crippen LogP contribution in [-0.4, -0.2) is 56.0 Å². The van der Waals surface area contributed by atoms with Crippen molar-refractivity contribution in [3.63, 3.8) is 0 Å². The molecule has 0 radical (unpaired) electrons. The Morgan fingerprint density at radius 3 is 2.89 bits per heavy atom. The topological polar surface area (TPSA) is 62.6 Å². The molecule has 2 atom stereocenters. The second-order valence-electron chi connectivity index (χ2n) is 7.52. The zero-order chi connectivity index (χ0) is 19.1. The summed E-state index contributed by atoms with van der Waals surface area (Å²) in [5.74, 6) is 0.612. The Balaban J connectivity index is 1.62. The Morgan fingerprint density at radius 2 is 2.26 bits per heavy atom. The Labute approximate surface area is 175 Å². The average molecular weight is 506 g/mol. The van der Waals surface area contributed by atoms with Crippen LogP contribution >= 0.6 is 28.4 Å². The molecule has 2 heterocycles. The van der Waals surface area contributed by atoms with Crippen molar-refractivity contribution in [2.75, 3.05) is 40.1 Å². The van der Waals surface area contributed by atoms with Crippen LogP contribution in [0.3, 0.4) is 0 Å². The van der Waals surface area contributed by atoms with E-state index in [9.17, 15) is 4.79 Å². The number of carbonyl (C=O) groups excluding carboxylic acids is 1. The summed E-state index contributed by atoms with van der Waals surface area (Å²) in [6.07, 6.45) is 10.4. The fourth-order valence-corrected chi connectivity index (χ4v) is 4.96. The fraction of sp³-hybridized carbons (Fsp3) is 0.684. The lowest BCUT2D eigenvalue weighted by Crippen LogP contribution is -2.34. The molecule has 1 aromatic rings. The highest BCUT2D eigenvalue weighted by Crippen LogP contribution is 2.40. The molecule has 0 amide bonds. The van der Waals surface area contributed by atoms with Gasteiger partial charge in [-0.3, -0.25) is 4.79 Å². The van der Waals surface area contributed by atoms with Gasteiger partial charge in [0.2, 0.25) is 0 Å². The molecule has 6 nitrogen and oxygen atoms in total. The lowest BCUT2D eigenvalue weighted by molar-refractivity contribution is -0.0375. The van der Waals surface area contributed by atoms with Crippen LogP contribution in [0.15, 0.2) is 12.3 Å². The molecule has 0 saturated carbocycles. The summed E-state index contributed by atoms with van der Waals surface area (Å²) in [5.41, 5.74) is 2.70. The molecule has 1 aliphatic heterocycles. The van der Waals surface area contributed by atoms with Gasteiger partial charge in [-0.05, 0) is 65.6 Å². The molecule has 0 spiro atoms. The molecule has 0 aromatic carbocycles. The third kappa shape index (κ3) is 5.60. The second-order valence-corrected chi connectivity index (χ2v) is 9.59. The van der Waals surface area contributed by atoms with Crippen molar-refractivity contribution in [2.45, 2.75) is 32.1 Å². The van der Waals surface area contributed by atoms with Gasteiger partial charge in [0.25, 0.3) is 0 Å². The molecule has 8 heteroatoms. The fourth-order valence-electron chi connectivity index (χ4n) is 3.89. The first kappa shape index (κ1) is 21.4. The van der Waals surface area contributed by atoms with E-state index in [0.29, 0.717) is 31.1 Å². The highest BCUT2D eigenvalue weighted by Gasteiger charge is 2.34. The van der Waals surface area contributed by atoms with Crippen LogP contribution in [-0.2, 0) is 14.2 Å². The summed E-state index contributed by atoms with van der Waals surface area (Å²) in [5, 5.41) is 4.59. The molecule has 1 aliphatic carbocycles. The van der Waals surface area contributed by atoms with Crippen molar-refractivity contribution in [3.8, 4) is 0 Å². The predicted molar refractivity (Wildman–Crippen MR) is 116 cm³/mol. The number of carbonyl (C=O) groups is 1. The maximum absolute atomic E-state index is 11.4. The number of allylic oxidation sites excluding steroid dienone is 2. The number of aromatic nitrogens is 2. The van der Waals surface area contributed by atoms with Gasteiger partial charge in [0.1, 0.15) is 0 Å². The number of ether oxygens (including phenoxy) is 3. The van der Waals surface area contributed by atoms with E-state index in [1.807, 2.05) is 10.6 Å². The predicted octanol–water partition coefficient (Wildman–Crippen LogP) is 4.13. The first-order chi connectivity index (χ1) is 13.2. The van der Waals surface area contributed by atoms with Crippen molar-refractivity contribution in [1.29, 1.82) is 0 Å². The Hall–Kier alpha value is -0.340. The van der Waals surface area contributed by atoms with E-state index in [0.717, 1.165) is 63.9 Å². The number of hydrogen-bond acceptors (Lipinski definition) is 5. The monoisotopic (exact) mass is 506 g/mol. The Morgan fingerprint density at radius 1 is 1.44 bits per heavy atom. The van der Waals surface area contributed by atoms with Crippen LogP contribution in [0.4, 0.5) is 0 Å². The molecule has 0 N–H and O–H groups in total. The second kappa shape index (κ2) is 10.4. The molecule has 27 heavy (non-hydrogen) atoms. The molecular weight excluding hydrogens is 478 g/mol. The van der Waals surface area contributed by atoms with E-state index in [1.54, 1.807) is 7.11 Å².